The lowest BCUT2D eigenvalue weighted by molar-refractivity contribution is -0.122. The van der Waals surface area contributed by atoms with Gasteiger partial charge in [-0.1, -0.05) is 75.4 Å². The van der Waals surface area contributed by atoms with Crippen LogP contribution < -0.4 is 10.2 Å². The molecule has 3 aromatic carbocycles. The Labute approximate surface area is 184 Å². The van der Waals surface area contributed by atoms with Crippen molar-refractivity contribution in [3.05, 3.63) is 77.4 Å². The molecule has 1 aliphatic carbocycles. The van der Waals surface area contributed by atoms with E-state index in [1.54, 1.807) is 6.21 Å². The second kappa shape index (κ2) is 8.54. The van der Waals surface area contributed by atoms with Gasteiger partial charge in [-0.05, 0) is 52.6 Å². The van der Waals surface area contributed by atoms with E-state index < -0.39 is 0 Å². The molecule has 0 aromatic heterocycles. The van der Waals surface area contributed by atoms with Crippen molar-refractivity contribution in [3.63, 3.8) is 0 Å². The molecule has 0 unspecified atom stereocenters. The molecule has 1 aliphatic rings. The van der Waals surface area contributed by atoms with Crippen LogP contribution in [0.1, 0.15) is 56.7 Å². The van der Waals surface area contributed by atoms with E-state index in [1.165, 1.54) is 11.1 Å². The van der Waals surface area contributed by atoms with Gasteiger partial charge in [0.15, 0.2) is 0 Å². The molecule has 1 saturated carbocycles. The summed E-state index contributed by atoms with van der Waals surface area (Å²) in [6.45, 7) is 9.16. The van der Waals surface area contributed by atoms with Gasteiger partial charge in [-0.2, -0.15) is 5.10 Å². The van der Waals surface area contributed by atoms with Gasteiger partial charge in [0.1, 0.15) is 5.75 Å². The molecule has 2 atom stereocenters. The third-order valence-electron chi connectivity index (χ3n) is 5.93. The lowest BCUT2D eigenvalue weighted by Gasteiger charge is -2.19. The van der Waals surface area contributed by atoms with Gasteiger partial charge in [0.2, 0.25) is 5.91 Å². The van der Waals surface area contributed by atoms with Crippen molar-refractivity contribution in [1.29, 1.82) is 0 Å². The second-order valence-corrected chi connectivity index (χ2v) is 9.19. The van der Waals surface area contributed by atoms with Crippen LogP contribution in [-0.2, 0) is 10.2 Å². The zero-order valence-corrected chi connectivity index (χ0v) is 18.7. The van der Waals surface area contributed by atoms with E-state index in [0.717, 1.165) is 28.5 Å². The second-order valence-electron chi connectivity index (χ2n) is 9.19. The molecule has 0 radical (unpaired) electrons. The lowest BCUT2D eigenvalue weighted by Crippen LogP contribution is -2.20. The molecule has 0 bridgehead atoms. The zero-order chi connectivity index (χ0) is 22.0. The number of ether oxygens (including phenoxy) is 1. The number of amides is 1. The number of carbonyl (C=O) groups is 1. The standard InChI is InChI=1S/C27H30N2O2/c1-5-31-25-15-12-18-8-6-7-9-21(18)24(25)17-28-29-26(30)23-16-22(23)19-10-13-20(14-11-19)27(2,3)4/h6-15,17,22-23H,5,16H2,1-4H3,(H,29,30)/b28-17+/t22-,23+/m1/s1. The SMILES string of the molecule is CCOc1ccc2ccccc2c1/C=N/NC(=O)[C@H]1C[C@@H]1c1ccc(C(C)(C)C)cc1. The first-order valence-electron chi connectivity index (χ1n) is 11.0. The minimum Gasteiger partial charge on any atom is -0.493 e. The Kier molecular flexibility index (Phi) is 5.81. The molecular formula is C27H30N2O2. The Hall–Kier alpha value is -3.14. The van der Waals surface area contributed by atoms with Gasteiger partial charge in [-0.15, -0.1) is 0 Å². The van der Waals surface area contributed by atoms with E-state index in [9.17, 15) is 4.79 Å². The maximum absolute atomic E-state index is 12.6. The fraction of sp³-hybridized carbons (Fsp3) is 0.333. The first-order chi connectivity index (χ1) is 14.9. The third kappa shape index (κ3) is 4.63. The van der Waals surface area contributed by atoms with Crippen LogP contribution >= 0.6 is 0 Å². The molecule has 1 fully saturated rings. The average molecular weight is 415 g/mol. The topological polar surface area (TPSA) is 50.7 Å². The fourth-order valence-electron chi connectivity index (χ4n) is 4.02. The maximum atomic E-state index is 12.6. The van der Waals surface area contributed by atoms with E-state index >= 15 is 0 Å². The van der Waals surface area contributed by atoms with E-state index in [-0.39, 0.29) is 23.2 Å². The van der Waals surface area contributed by atoms with Crippen molar-refractivity contribution < 1.29 is 9.53 Å². The number of fused-ring (bicyclic) bond motifs is 1. The minimum atomic E-state index is -0.0284. The molecule has 0 saturated heterocycles. The van der Waals surface area contributed by atoms with Crippen molar-refractivity contribution in [2.75, 3.05) is 6.61 Å². The molecule has 4 heteroatoms. The van der Waals surface area contributed by atoms with E-state index in [0.29, 0.717) is 6.61 Å². The highest BCUT2D eigenvalue weighted by Crippen LogP contribution is 2.47. The largest absolute Gasteiger partial charge is 0.493 e. The summed E-state index contributed by atoms with van der Waals surface area (Å²) in [6.07, 6.45) is 2.56. The number of rotatable bonds is 6. The first-order valence-corrected chi connectivity index (χ1v) is 11.0. The van der Waals surface area contributed by atoms with Gasteiger partial charge >= 0.3 is 0 Å². The Balaban J connectivity index is 1.44. The first kappa shape index (κ1) is 21.1. The average Bonchev–Trinajstić information content (AvgIpc) is 3.56. The molecular weight excluding hydrogens is 384 g/mol. The number of benzene rings is 3. The van der Waals surface area contributed by atoms with Crippen molar-refractivity contribution in [1.82, 2.24) is 5.43 Å². The summed E-state index contributed by atoms with van der Waals surface area (Å²) in [4.78, 5) is 12.6. The molecule has 1 N–H and O–H groups in total. The number of hydrazone groups is 1. The van der Waals surface area contributed by atoms with Crippen LogP contribution in [0.3, 0.4) is 0 Å². The Morgan fingerprint density at radius 2 is 1.84 bits per heavy atom. The van der Waals surface area contributed by atoms with Crippen LogP contribution in [0, 0.1) is 5.92 Å². The number of hydrogen-bond donors (Lipinski definition) is 1. The highest BCUT2D eigenvalue weighted by atomic mass is 16.5. The van der Waals surface area contributed by atoms with Crippen LogP contribution in [0.15, 0.2) is 65.8 Å². The fourth-order valence-corrected chi connectivity index (χ4v) is 4.02. The van der Waals surface area contributed by atoms with Crippen molar-refractivity contribution >= 4 is 22.9 Å². The van der Waals surface area contributed by atoms with E-state index in [1.807, 2.05) is 37.3 Å². The minimum absolute atomic E-state index is 0.0171. The highest BCUT2D eigenvalue weighted by Gasteiger charge is 2.44. The molecule has 3 aromatic rings. The predicted octanol–water partition coefficient (Wildman–Crippen LogP) is 5.79. The lowest BCUT2D eigenvalue weighted by atomic mass is 9.86. The molecule has 0 spiro atoms. The summed E-state index contributed by atoms with van der Waals surface area (Å²) < 4.78 is 5.77. The molecule has 0 aliphatic heterocycles. The summed E-state index contributed by atoms with van der Waals surface area (Å²) in [6, 6.07) is 20.8. The van der Waals surface area contributed by atoms with Gasteiger partial charge in [0.25, 0.3) is 0 Å². The normalized spacial score (nSPS) is 18.3. The van der Waals surface area contributed by atoms with Crippen LogP contribution in [0.5, 0.6) is 5.75 Å². The molecule has 160 valence electrons. The number of carbonyl (C=O) groups excluding carboxylic acids is 1. The number of hydrogen-bond acceptors (Lipinski definition) is 3. The summed E-state index contributed by atoms with van der Waals surface area (Å²) in [5.74, 6) is 0.999. The molecule has 0 heterocycles. The van der Waals surface area contributed by atoms with Crippen molar-refractivity contribution in [2.45, 2.75) is 45.4 Å². The van der Waals surface area contributed by atoms with Crippen LogP contribution in [-0.4, -0.2) is 18.7 Å². The smallest absolute Gasteiger partial charge is 0.243 e. The summed E-state index contributed by atoms with van der Waals surface area (Å²) in [5.41, 5.74) is 6.29. The van der Waals surface area contributed by atoms with Gasteiger partial charge in [0, 0.05) is 11.5 Å². The van der Waals surface area contributed by atoms with Gasteiger partial charge < -0.3 is 4.74 Å². The van der Waals surface area contributed by atoms with Crippen LogP contribution in [0.4, 0.5) is 0 Å². The van der Waals surface area contributed by atoms with E-state index in [2.05, 4.69) is 61.6 Å². The van der Waals surface area contributed by atoms with Gasteiger partial charge in [0.05, 0.1) is 12.8 Å². The van der Waals surface area contributed by atoms with Crippen LogP contribution in [0.25, 0.3) is 10.8 Å². The Morgan fingerprint density at radius 1 is 1.10 bits per heavy atom. The Morgan fingerprint density at radius 3 is 2.55 bits per heavy atom. The third-order valence-corrected chi connectivity index (χ3v) is 5.93. The summed E-state index contributed by atoms with van der Waals surface area (Å²) >= 11 is 0. The van der Waals surface area contributed by atoms with E-state index in [4.69, 9.17) is 4.74 Å². The van der Waals surface area contributed by atoms with Crippen molar-refractivity contribution in [2.24, 2.45) is 11.0 Å². The molecule has 4 rings (SSSR count). The quantitative estimate of drug-likeness (QED) is 0.410. The summed E-state index contributed by atoms with van der Waals surface area (Å²) in [5, 5.41) is 6.43. The summed E-state index contributed by atoms with van der Waals surface area (Å²) in [7, 11) is 0. The van der Waals surface area contributed by atoms with Crippen LogP contribution in [0.2, 0.25) is 0 Å². The molecule has 31 heavy (non-hydrogen) atoms. The highest BCUT2D eigenvalue weighted by molar-refractivity contribution is 6.02. The number of nitrogens with one attached hydrogen (secondary N) is 1. The maximum Gasteiger partial charge on any atom is 0.243 e. The predicted molar refractivity (Wildman–Crippen MR) is 127 cm³/mol. The monoisotopic (exact) mass is 414 g/mol. The van der Waals surface area contributed by atoms with Gasteiger partial charge in [-0.25, -0.2) is 5.43 Å². The zero-order valence-electron chi connectivity index (χ0n) is 18.7. The number of nitrogens with zero attached hydrogens (tertiary/aromatic N) is 1. The Bertz CT molecular complexity index is 1110. The molecule has 1 amide bonds. The molecule has 4 nitrogen and oxygen atoms in total. The van der Waals surface area contributed by atoms with Crippen molar-refractivity contribution in [3.8, 4) is 5.75 Å². The van der Waals surface area contributed by atoms with Gasteiger partial charge in [-0.3, -0.25) is 4.79 Å².